The van der Waals surface area contributed by atoms with Crippen LogP contribution in [0.2, 0.25) is 0 Å². The fourth-order valence-electron chi connectivity index (χ4n) is 7.30. The zero-order valence-corrected chi connectivity index (χ0v) is 20.1. The lowest BCUT2D eigenvalue weighted by atomic mass is 9.79. The van der Waals surface area contributed by atoms with E-state index in [9.17, 15) is 0 Å². The Morgan fingerprint density at radius 1 is 0.441 bits per heavy atom. The van der Waals surface area contributed by atoms with Crippen molar-refractivity contribution in [2.75, 3.05) is 0 Å². The Kier molecular flexibility index (Phi) is 3.14. The number of fused-ring (bicyclic) bond motifs is 8. The highest BCUT2D eigenvalue weighted by Crippen LogP contribution is 2.56. The predicted octanol–water partition coefficient (Wildman–Crippen LogP) is 9.20. The summed E-state index contributed by atoms with van der Waals surface area (Å²) in [4.78, 5) is 0. The molecule has 0 N–H and O–H groups in total. The number of rotatable bonds is 0. The second kappa shape index (κ2) is 5.70. The standard InChI is InChI=1S/C34H26/c1-33(2)25-11-7-5-9-21(25)31-23-15-14-20-18-28-32(22-10-6-8-12-26(22)34(28,3)4)24-16-13-19(17-27(31)33)29(23)30(20)24/h5-18H,1-4H3. The Morgan fingerprint density at radius 3 is 1.29 bits per heavy atom. The molecule has 0 aliphatic heterocycles. The molecule has 0 spiro atoms. The van der Waals surface area contributed by atoms with Gasteiger partial charge in [-0.2, -0.15) is 0 Å². The van der Waals surface area contributed by atoms with Crippen molar-refractivity contribution in [3.63, 3.8) is 0 Å². The fraction of sp³-hybridized carbons (Fsp3) is 0.176. The maximum absolute atomic E-state index is 2.47. The Balaban J connectivity index is 1.59. The highest BCUT2D eigenvalue weighted by Gasteiger charge is 2.39. The number of hydrogen-bond donors (Lipinski definition) is 0. The van der Waals surface area contributed by atoms with Crippen molar-refractivity contribution in [3.05, 3.63) is 107 Å². The summed E-state index contributed by atoms with van der Waals surface area (Å²) in [7, 11) is 0. The summed E-state index contributed by atoms with van der Waals surface area (Å²) in [6, 6.07) is 32.5. The normalized spacial score (nSPS) is 16.7. The number of benzene rings is 6. The molecule has 0 aromatic heterocycles. The average molecular weight is 435 g/mol. The van der Waals surface area contributed by atoms with E-state index in [-0.39, 0.29) is 10.8 Å². The molecule has 2 aliphatic rings. The van der Waals surface area contributed by atoms with E-state index in [1.807, 2.05) is 0 Å². The van der Waals surface area contributed by atoms with E-state index in [1.165, 1.54) is 76.8 Å². The molecule has 0 saturated carbocycles. The molecule has 0 nitrogen and oxygen atoms in total. The Morgan fingerprint density at radius 2 is 0.853 bits per heavy atom. The first-order valence-electron chi connectivity index (χ1n) is 12.4. The molecule has 0 heteroatoms. The smallest absolute Gasteiger partial charge is 0.0159 e. The van der Waals surface area contributed by atoms with Crippen LogP contribution in [0, 0.1) is 0 Å². The van der Waals surface area contributed by atoms with Gasteiger partial charge in [-0.3, -0.25) is 0 Å². The van der Waals surface area contributed by atoms with Crippen LogP contribution >= 0.6 is 0 Å². The molecule has 0 unspecified atom stereocenters. The van der Waals surface area contributed by atoms with Crippen LogP contribution in [0.1, 0.15) is 49.9 Å². The first-order valence-corrected chi connectivity index (χ1v) is 12.4. The minimum Gasteiger partial charge on any atom is -0.0619 e. The van der Waals surface area contributed by atoms with Gasteiger partial charge in [0.2, 0.25) is 0 Å². The van der Waals surface area contributed by atoms with Gasteiger partial charge in [-0.05, 0) is 89.0 Å². The van der Waals surface area contributed by atoms with Crippen molar-refractivity contribution in [2.45, 2.75) is 38.5 Å². The fourth-order valence-corrected chi connectivity index (χ4v) is 7.30. The molecular weight excluding hydrogens is 408 g/mol. The van der Waals surface area contributed by atoms with Crippen LogP contribution in [0.15, 0.2) is 84.9 Å². The molecule has 0 heterocycles. The van der Waals surface area contributed by atoms with Gasteiger partial charge in [0, 0.05) is 10.8 Å². The largest absolute Gasteiger partial charge is 0.0619 e. The van der Waals surface area contributed by atoms with Crippen molar-refractivity contribution in [3.8, 4) is 22.3 Å². The topological polar surface area (TPSA) is 0 Å². The molecule has 6 aromatic carbocycles. The second-order valence-electron chi connectivity index (χ2n) is 11.4. The van der Waals surface area contributed by atoms with Crippen LogP contribution in [0.4, 0.5) is 0 Å². The van der Waals surface area contributed by atoms with Crippen molar-refractivity contribution < 1.29 is 0 Å². The first-order chi connectivity index (χ1) is 16.4. The SMILES string of the molecule is CC1(C)c2ccccc2-c2c1cc1ccc3c4c(cc5ccc2c1c53)C(C)(C)c1ccccc1-4. The van der Waals surface area contributed by atoms with E-state index in [2.05, 4.69) is 113 Å². The third-order valence-corrected chi connectivity index (χ3v) is 8.99. The Bertz CT molecular complexity index is 1710. The Hall–Kier alpha value is -3.64. The molecule has 6 aromatic rings. The molecular formula is C34H26. The highest BCUT2D eigenvalue weighted by atomic mass is 14.4. The lowest BCUT2D eigenvalue weighted by Gasteiger charge is -2.24. The van der Waals surface area contributed by atoms with Crippen LogP contribution in [0.5, 0.6) is 0 Å². The summed E-state index contributed by atoms with van der Waals surface area (Å²) in [5.41, 5.74) is 11.5. The summed E-state index contributed by atoms with van der Waals surface area (Å²) in [6.45, 7) is 9.50. The lowest BCUT2D eigenvalue weighted by molar-refractivity contribution is 0.661. The summed E-state index contributed by atoms with van der Waals surface area (Å²) in [6.07, 6.45) is 0. The minimum absolute atomic E-state index is 0.0145. The van der Waals surface area contributed by atoms with Crippen molar-refractivity contribution in [2.24, 2.45) is 0 Å². The highest BCUT2D eigenvalue weighted by molar-refractivity contribution is 6.29. The molecule has 0 saturated heterocycles. The molecule has 2 aliphatic carbocycles. The van der Waals surface area contributed by atoms with Gasteiger partial charge in [-0.15, -0.1) is 0 Å². The zero-order valence-electron chi connectivity index (χ0n) is 20.1. The quantitative estimate of drug-likeness (QED) is 0.209. The van der Waals surface area contributed by atoms with Crippen molar-refractivity contribution in [1.82, 2.24) is 0 Å². The van der Waals surface area contributed by atoms with Gasteiger partial charge < -0.3 is 0 Å². The molecule has 162 valence electrons. The van der Waals surface area contributed by atoms with E-state index >= 15 is 0 Å². The maximum atomic E-state index is 2.47. The lowest BCUT2D eigenvalue weighted by Crippen LogP contribution is -2.15. The predicted molar refractivity (Wildman–Crippen MR) is 145 cm³/mol. The van der Waals surface area contributed by atoms with Crippen molar-refractivity contribution >= 4 is 32.3 Å². The third kappa shape index (κ3) is 1.95. The number of hydrogen-bond acceptors (Lipinski definition) is 0. The Labute approximate surface area is 200 Å². The summed E-state index contributed by atoms with van der Waals surface area (Å²) >= 11 is 0. The maximum Gasteiger partial charge on any atom is 0.0159 e. The summed E-state index contributed by atoms with van der Waals surface area (Å²) in [5.74, 6) is 0. The van der Waals surface area contributed by atoms with Gasteiger partial charge in [-0.1, -0.05) is 100 Å². The van der Waals surface area contributed by atoms with E-state index in [0.29, 0.717) is 0 Å². The molecule has 0 amide bonds. The summed E-state index contributed by atoms with van der Waals surface area (Å²) < 4.78 is 0. The van der Waals surface area contributed by atoms with Gasteiger partial charge in [0.25, 0.3) is 0 Å². The van der Waals surface area contributed by atoms with Gasteiger partial charge in [0.1, 0.15) is 0 Å². The zero-order chi connectivity index (χ0) is 23.0. The molecule has 34 heavy (non-hydrogen) atoms. The van der Waals surface area contributed by atoms with E-state index < -0.39 is 0 Å². The minimum atomic E-state index is 0.0145. The van der Waals surface area contributed by atoms with Gasteiger partial charge >= 0.3 is 0 Å². The van der Waals surface area contributed by atoms with Crippen molar-refractivity contribution in [1.29, 1.82) is 0 Å². The third-order valence-electron chi connectivity index (χ3n) is 8.99. The average Bonchev–Trinajstić information content (AvgIpc) is 3.22. The van der Waals surface area contributed by atoms with Crippen LogP contribution in [0.3, 0.4) is 0 Å². The van der Waals surface area contributed by atoms with Crippen LogP contribution < -0.4 is 0 Å². The van der Waals surface area contributed by atoms with E-state index in [4.69, 9.17) is 0 Å². The first kappa shape index (κ1) is 18.7. The van der Waals surface area contributed by atoms with Gasteiger partial charge in [-0.25, -0.2) is 0 Å². The van der Waals surface area contributed by atoms with E-state index in [1.54, 1.807) is 0 Å². The molecule has 0 fully saturated rings. The second-order valence-corrected chi connectivity index (χ2v) is 11.4. The van der Waals surface area contributed by atoms with Crippen LogP contribution in [0.25, 0.3) is 54.6 Å². The van der Waals surface area contributed by atoms with Crippen LogP contribution in [-0.4, -0.2) is 0 Å². The molecule has 0 radical (unpaired) electrons. The van der Waals surface area contributed by atoms with E-state index in [0.717, 1.165) is 0 Å². The molecule has 8 rings (SSSR count). The summed E-state index contributed by atoms with van der Waals surface area (Å²) in [5, 5.41) is 8.36. The van der Waals surface area contributed by atoms with Crippen LogP contribution in [-0.2, 0) is 10.8 Å². The van der Waals surface area contributed by atoms with Gasteiger partial charge in [0.05, 0.1) is 0 Å². The monoisotopic (exact) mass is 434 g/mol. The molecule has 0 bridgehead atoms. The molecule has 0 atom stereocenters. The van der Waals surface area contributed by atoms with Gasteiger partial charge in [0.15, 0.2) is 0 Å².